The first-order chi connectivity index (χ1) is 8.92. The van der Waals surface area contributed by atoms with E-state index in [0.717, 1.165) is 36.9 Å². The third-order valence-corrected chi connectivity index (χ3v) is 3.94. The highest BCUT2D eigenvalue weighted by Crippen LogP contribution is 2.21. The van der Waals surface area contributed by atoms with Crippen LogP contribution in [0.5, 0.6) is 0 Å². The number of ether oxygens (including phenoxy) is 1. The Hall–Kier alpha value is -1.23. The lowest BCUT2D eigenvalue weighted by molar-refractivity contribution is 0.190. The van der Waals surface area contributed by atoms with E-state index in [0.29, 0.717) is 6.04 Å². The normalized spacial score (nSPS) is 19.2. The van der Waals surface area contributed by atoms with Gasteiger partial charge < -0.3 is 10.1 Å². The van der Waals surface area contributed by atoms with Crippen LogP contribution in [-0.2, 0) is 11.3 Å². The highest BCUT2D eigenvalue weighted by Gasteiger charge is 2.15. The first-order valence-electron chi connectivity index (χ1n) is 6.23. The number of hydrogen-bond acceptors (Lipinski definition) is 4. The van der Waals surface area contributed by atoms with Gasteiger partial charge in [0.25, 0.3) is 0 Å². The van der Waals surface area contributed by atoms with Gasteiger partial charge in [-0.3, -0.25) is 0 Å². The summed E-state index contributed by atoms with van der Waals surface area (Å²) in [5.41, 5.74) is 2.25. The van der Waals surface area contributed by atoms with Crippen molar-refractivity contribution in [3.05, 3.63) is 40.7 Å². The summed E-state index contributed by atoms with van der Waals surface area (Å²) in [6.07, 6.45) is 1.11. The molecule has 0 saturated carbocycles. The van der Waals surface area contributed by atoms with E-state index >= 15 is 0 Å². The minimum Gasteiger partial charge on any atom is -0.380 e. The quantitative estimate of drug-likeness (QED) is 0.917. The summed E-state index contributed by atoms with van der Waals surface area (Å²) in [5, 5.41) is 6.75. The molecular formula is C14H16N2OS. The fourth-order valence-electron chi connectivity index (χ4n) is 2.06. The molecule has 94 valence electrons. The van der Waals surface area contributed by atoms with Crippen LogP contribution in [0.1, 0.15) is 11.4 Å². The van der Waals surface area contributed by atoms with Crippen molar-refractivity contribution in [1.82, 2.24) is 10.3 Å². The maximum absolute atomic E-state index is 5.34. The van der Waals surface area contributed by atoms with Gasteiger partial charge in [-0.05, 0) is 6.42 Å². The summed E-state index contributed by atoms with van der Waals surface area (Å²) in [6.45, 7) is 2.55. The van der Waals surface area contributed by atoms with Crippen LogP contribution in [0.3, 0.4) is 0 Å². The molecule has 0 aliphatic carbocycles. The molecule has 2 aromatic rings. The smallest absolute Gasteiger partial charge is 0.107 e. The van der Waals surface area contributed by atoms with Crippen molar-refractivity contribution in [2.75, 3.05) is 13.2 Å². The van der Waals surface area contributed by atoms with Gasteiger partial charge in [0.2, 0.25) is 0 Å². The number of nitrogens with zero attached hydrogens (tertiary/aromatic N) is 1. The van der Waals surface area contributed by atoms with Crippen molar-refractivity contribution >= 4 is 11.3 Å². The van der Waals surface area contributed by atoms with Gasteiger partial charge in [0.15, 0.2) is 0 Å². The van der Waals surface area contributed by atoms with Crippen LogP contribution in [-0.4, -0.2) is 24.2 Å². The molecule has 3 nitrogen and oxygen atoms in total. The molecule has 1 saturated heterocycles. The lowest BCUT2D eigenvalue weighted by atomic mass is 10.2. The molecule has 1 aromatic carbocycles. The van der Waals surface area contributed by atoms with E-state index in [9.17, 15) is 0 Å². The van der Waals surface area contributed by atoms with Gasteiger partial charge in [-0.15, -0.1) is 11.3 Å². The van der Waals surface area contributed by atoms with E-state index < -0.39 is 0 Å². The second kappa shape index (κ2) is 5.61. The van der Waals surface area contributed by atoms with Crippen molar-refractivity contribution in [2.45, 2.75) is 19.0 Å². The number of hydrogen-bond donors (Lipinski definition) is 1. The van der Waals surface area contributed by atoms with E-state index in [1.807, 2.05) is 18.2 Å². The van der Waals surface area contributed by atoms with Gasteiger partial charge in [-0.2, -0.15) is 0 Å². The van der Waals surface area contributed by atoms with Crippen molar-refractivity contribution in [3.63, 3.8) is 0 Å². The summed E-state index contributed by atoms with van der Waals surface area (Å²) >= 11 is 1.71. The number of rotatable bonds is 4. The molecular weight excluding hydrogens is 244 g/mol. The SMILES string of the molecule is c1ccc(-c2csc(CNC3CCOC3)n2)cc1. The molecule has 18 heavy (non-hydrogen) atoms. The summed E-state index contributed by atoms with van der Waals surface area (Å²) in [5.74, 6) is 0. The van der Waals surface area contributed by atoms with E-state index in [1.165, 1.54) is 5.56 Å². The zero-order chi connectivity index (χ0) is 12.2. The molecule has 4 heteroatoms. The number of thiazole rings is 1. The molecule has 0 amide bonds. The van der Waals surface area contributed by atoms with Gasteiger partial charge in [0.1, 0.15) is 5.01 Å². The van der Waals surface area contributed by atoms with Gasteiger partial charge in [0, 0.05) is 30.1 Å². The first kappa shape index (κ1) is 11.8. The first-order valence-corrected chi connectivity index (χ1v) is 7.11. The Morgan fingerprint density at radius 3 is 3.00 bits per heavy atom. The highest BCUT2D eigenvalue weighted by molar-refractivity contribution is 7.09. The molecule has 1 atom stereocenters. The molecule has 1 aliphatic heterocycles. The number of aromatic nitrogens is 1. The standard InChI is InChI=1S/C14H16N2OS/c1-2-4-11(5-3-1)13-10-18-14(16-13)8-15-12-6-7-17-9-12/h1-5,10,12,15H,6-9H2. The minimum atomic E-state index is 0.495. The Bertz CT molecular complexity index is 492. The van der Waals surface area contributed by atoms with Crippen LogP contribution < -0.4 is 5.32 Å². The topological polar surface area (TPSA) is 34.1 Å². The van der Waals surface area contributed by atoms with Crippen LogP contribution in [0, 0.1) is 0 Å². The average molecular weight is 260 g/mol. The zero-order valence-electron chi connectivity index (χ0n) is 10.1. The lowest BCUT2D eigenvalue weighted by Gasteiger charge is -2.07. The lowest BCUT2D eigenvalue weighted by Crippen LogP contribution is -2.28. The molecule has 1 fully saturated rings. The Kier molecular flexibility index (Phi) is 3.69. The molecule has 3 rings (SSSR count). The third kappa shape index (κ3) is 2.77. The summed E-state index contributed by atoms with van der Waals surface area (Å²) in [7, 11) is 0. The van der Waals surface area contributed by atoms with E-state index in [4.69, 9.17) is 4.74 Å². The van der Waals surface area contributed by atoms with Crippen molar-refractivity contribution in [1.29, 1.82) is 0 Å². The van der Waals surface area contributed by atoms with Crippen LogP contribution in [0.15, 0.2) is 35.7 Å². The molecule has 1 N–H and O–H groups in total. The Balaban J connectivity index is 1.63. The molecule has 0 radical (unpaired) electrons. The zero-order valence-corrected chi connectivity index (χ0v) is 11.0. The van der Waals surface area contributed by atoms with Gasteiger partial charge in [-0.1, -0.05) is 30.3 Å². The van der Waals surface area contributed by atoms with E-state index in [1.54, 1.807) is 11.3 Å². The summed E-state index contributed by atoms with van der Waals surface area (Å²) in [6, 6.07) is 10.8. The Morgan fingerprint density at radius 1 is 1.33 bits per heavy atom. The van der Waals surface area contributed by atoms with Crippen LogP contribution in [0.2, 0.25) is 0 Å². The van der Waals surface area contributed by atoms with Crippen molar-refractivity contribution in [2.24, 2.45) is 0 Å². The van der Waals surface area contributed by atoms with Crippen LogP contribution in [0.4, 0.5) is 0 Å². The average Bonchev–Trinajstić information content (AvgIpc) is 3.09. The molecule has 1 aromatic heterocycles. The van der Waals surface area contributed by atoms with Crippen LogP contribution >= 0.6 is 11.3 Å². The molecule has 1 aliphatic rings. The second-order valence-corrected chi connectivity index (χ2v) is 5.38. The van der Waals surface area contributed by atoms with Crippen molar-refractivity contribution in [3.8, 4) is 11.3 Å². The maximum atomic E-state index is 5.34. The number of benzene rings is 1. The van der Waals surface area contributed by atoms with Gasteiger partial charge >= 0.3 is 0 Å². The largest absolute Gasteiger partial charge is 0.380 e. The van der Waals surface area contributed by atoms with Gasteiger partial charge in [-0.25, -0.2) is 4.98 Å². The monoisotopic (exact) mass is 260 g/mol. The Labute approximate surface area is 111 Å². The molecule has 0 spiro atoms. The van der Waals surface area contributed by atoms with E-state index in [-0.39, 0.29) is 0 Å². The predicted molar refractivity (Wildman–Crippen MR) is 73.6 cm³/mol. The summed E-state index contributed by atoms with van der Waals surface area (Å²) in [4.78, 5) is 4.66. The fourth-order valence-corrected chi connectivity index (χ4v) is 2.81. The summed E-state index contributed by atoms with van der Waals surface area (Å²) < 4.78 is 5.34. The molecule has 0 bridgehead atoms. The predicted octanol–water partition coefficient (Wildman–Crippen LogP) is 2.69. The molecule has 1 unspecified atom stereocenters. The Morgan fingerprint density at radius 2 is 2.22 bits per heavy atom. The minimum absolute atomic E-state index is 0.495. The van der Waals surface area contributed by atoms with Gasteiger partial charge in [0.05, 0.1) is 12.3 Å². The third-order valence-electron chi connectivity index (χ3n) is 3.09. The maximum Gasteiger partial charge on any atom is 0.107 e. The highest BCUT2D eigenvalue weighted by atomic mass is 32.1. The van der Waals surface area contributed by atoms with Crippen LogP contribution in [0.25, 0.3) is 11.3 Å². The molecule has 2 heterocycles. The van der Waals surface area contributed by atoms with Crippen molar-refractivity contribution < 1.29 is 4.74 Å². The number of nitrogens with one attached hydrogen (secondary N) is 1. The van der Waals surface area contributed by atoms with E-state index in [2.05, 4.69) is 27.8 Å². The second-order valence-electron chi connectivity index (χ2n) is 4.43. The fraction of sp³-hybridized carbons (Fsp3) is 0.357.